The van der Waals surface area contributed by atoms with Crippen molar-refractivity contribution >= 4 is 11.8 Å². The summed E-state index contributed by atoms with van der Waals surface area (Å²) in [5.41, 5.74) is 0. The molecule has 6 nitrogen and oxygen atoms in total. The molecule has 6 heteroatoms. The molecule has 1 atom stereocenters. The number of hydrogen-bond acceptors (Lipinski definition) is 5. The van der Waals surface area contributed by atoms with Crippen molar-refractivity contribution in [2.24, 2.45) is 0 Å². The van der Waals surface area contributed by atoms with Gasteiger partial charge >= 0.3 is 5.97 Å². The molecule has 1 rings (SSSR count). The Morgan fingerprint density at radius 3 is 3.00 bits per heavy atom. The number of anilines is 1. The molecule has 0 fully saturated rings. The molecule has 12 heavy (non-hydrogen) atoms. The molecule has 1 aromatic heterocycles. The zero-order valence-electron chi connectivity index (χ0n) is 6.43. The number of rotatable bonds is 3. The molecule has 0 saturated carbocycles. The molecule has 0 amide bonds. The van der Waals surface area contributed by atoms with Crippen LogP contribution in [0.1, 0.15) is 6.92 Å². The number of carboxylic acids is 1. The van der Waals surface area contributed by atoms with Crippen molar-refractivity contribution in [3.05, 3.63) is 12.5 Å². The van der Waals surface area contributed by atoms with Gasteiger partial charge in [0.2, 0.25) is 0 Å². The Kier molecular flexibility index (Phi) is 2.52. The zero-order valence-corrected chi connectivity index (χ0v) is 6.43. The van der Waals surface area contributed by atoms with Crippen molar-refractivity contribution in [1.29, 1.82) is 0 Å². The van der Waals surface area contributed by atoms with Gasteiger partial charge in [0.15, 0.2) is 5.82 Å². The van der Waals surface area contributed by atoms with Crippen LogP contribution in [0.4, 0.5) is 5.82 Å². The Morgan fingerprint density at radius 1 is 1.75 bits per heavy atom. The van der Waals surface area contributed by atoms with Crippen molar-refractivity contribution < 1.29 is 9.90 Å². The molecular formula is C6H8N4O2. The maximum atomic E-state index is 10.4. The Hall–Kier alpha value is -1.72. The first-order valence-corrected chi connectivity index (χ1v) is 3.32. The van der Waals surface area contributed by atoms with Crippen LogP contribution in [-0.4, -0.2) is 32.3 Å². The van der Waals surface area contributed by atoms with E-state index in [0.717, 1.165) is 0 Å². The van der Waals surface area contributed by atoms with Gasteiger partial charge in [-0.05, 0) is 6.92 Å². The number of aromatic nitrogens is 3. The summed E-state index contributed by atoms with van der Waals surface area (Å²) in [6.07, 6.45) is 2.68. The summed E-state index contributed by atoms with van der Waals surface area (Å²) in [5.74, 6) is -0.590. The molecule has 0 spiro atoms. The average molecular weight is 168 g/mol. The SMILES string of the molecule is CC(Nc1cncnn1)C(=O)O. The summed E-state index contributed by atoms with van der Waals surface area (Å²) in [4.78, 5) is 14.0. The van der Waals surface area contributed by atoms with Crippen LogP contribution < -0.4 is 5.32 Å². The van der Waals surface area contributed by atoms with Crippen molar-refractivity contribution in [1.82, 2.24) is 15.2 Å². The quantitative estimate of drug-likeness (QED) is 0.647. The van der Waals surface area contributed by atoms with Gasteiger partial charge in [0.25, 0.3) is 0 Å². The largest absolute Gasteiger partial charge is 0.480 e. The molecule has 0 radical (unpaired) electrons. The van der Waals surface area contributed by atoms with E-state index < -0.39 is 12.0 Å². The van der Waals surface area contributed by atoms with E-state index in [0.29, 0.717) is 5.82 Å². The first-order chi connectivity index (χ1) is 5.70. The maximum absolute atomic E-state index is 10.4. The predicted octanol–water partition coefficient (Wildman–Crippen LogP) is -0.243. The standard InChI is InChI=1S/C6H8N4O2/c1-4(6(11)12)9-5-2-7-3-8-10-5/h2-4H,1H3,(H,9,10)(H,11,12). The van der Waals surface area contributed by atoms with Crippen molar-refractivity contribution in [3.8, 4) is 0 Å². The second-order valence-electron chi connectivity index (χ2n) is 2.20. The van der Waals surface area contributed by atoms with Gasteiger partial charge in [-0.3, -0.25) is 4.79 Å². The second kappa shape index (κ2) is 3.61. The van der Waals surface area contributed by atoms with Crippen molar-refractivity contribution in [2.75, 3.05) is 5.32 Å². The molecule has 0 bridgehead atoms. The van der Waals surface area contributed by atoms with Gasteiger partial charge in [0.1, 0.15) is 12.4 Å². The molecular weight excluding hydrogens is 160 g/mol. The third-order valence-corrected chi connectivity index (χ3v) is 1.22. The van der Waals surface area contributed by atoms with Crippen LogP contribution in [0.15, 0.2) is 12.5 Å². The van der Waals surface area contributed by atoms with E-state index in [4.69, 9.17) is 5.11 Å². The van der Waals surface area contributed by atoms with E-state index in [1.165, 1.54) is 19.4 Å². The summed E-state index contributed by atoms with van der Waals surface area (Å²) < 4.78 is 0. The minimum Gasteiger partial charge on any atom is -0.480 e. The van der Waals surface area contributed by atoms with Gasteiger partial charge in [0.05, 0.1) is 6.20 Å². The number of carbonyl (C=O) groups is 1. The van der Waals surface area contributed by atoms with Gasteiger partial charge in [-0.15, -0.1) is 10.2 Å². The molecule has 0 aliphatic rings. The highest BCUT2D eigenvalue weighted by Gasteiger charge is 2.10. The second-order valence-corrected chi connectivity index (χ2v) is 2.20. The number of aliphatic carboxylic acids is 1. The Balaban J connectivity index is 2.58. The number of nitrogens with one attached hydrogen (secondary N) is 1. The van der Waals surface area contributed by atoms with Gasteiger partial charge in [-0.25, -0.2) is 4.98 Å². The fourth-order valence-electron chi connectivity index (χ4n) is 0.597. The minimum atomic E-state index is -0.944. The molecule has 1 heterocycles. The Morgan fingerprint density at radius 2 is 2.50 bits per heavy atom. The van der Waals surface area contributed by atoms with Gasteiger partial charge in [-0.2, -0.15) is 0 Å². The highest BCUT2D eigenvalue weighted by molar-refractivity contribution is 5.76. The van der Waals surface area contributed by atoms with Crippen LogP contribution in [0.5, 0.6) is 0 Å². The van der Waals surface area contributed by atoms with Crippen LogP contribution in [0, 0.1) is 0 Å². The summed E-state index contributed by atoms with van der Waals surface area (Å²) in [6.45, 7) is 1.51. The van der Waals surface area contributed by atoms with Crippen molar-refractivity contribution in [3.63, 3.8) is 0 Å². The Bertz CT molecular complexity index is 264. The predicted molar refractivity (Wildman–Crippen MR) is 40.5 cm³/mol. The lowest BCUT2D eigenvalue weighted by molar-refractivity contribution is -0.137. The highest BCUT2D eigenvalue weighted by atomic mass is 16.4. The molecule has 1 unspecified atom stereocenters. The van der Waals surface area contributed by atoms with Gasteiger partial charge in [-0.1, -0.05) is 0 Å². The highest BCUT2D eigenvalue weighted by Crippen LogP contribution is 1.98. The van der Waals surface area contributed by atoms with E-state index in [1.54, 1.807) is 0 Å². The smallest absolute Gasteiger partial charge is 0.325 e. The van der Waals surface area contributed by atoms with Crippen LogP contribution >= 0.6 is 0 Å². The topological polar surface area (TPSA) is 88.0 Å². The number of carboxylic acid groups (broad SMARTS) is 1. The zero-order chi connectivity index (χ0) is 8.97. The summed E-state index contributed by atoms with van der Waals surface area (Å²) in [6, 6.07) is -0.691. The van der Waals surface area contributed by atoms with Crippen LogP contribution in [0.25, 0.3) is 0 Å². The van der Waals surface area contributed by atoms with E-state index >= 15 is 0 Å². The number of nitrogens with zero attached hydrogens (tertiary/aromatic N) is 3. The summed E-state index contributed by atoms with van der Waals surface area (Å²) in [5, 5.41) is 18.2. The monoisotopic (exact) mass is 168 g/mol. The Labute approximate surface area is 68.7 Å². The lowest BCUT2D eigenvalue weighted by Crippen LogP contribution is -2.26. The van der Waals surface area contributed by atoms with Gasteiger partial charge in [0, 0.05) is 0 Å². The van der Waals surface area contributed by atoms with Crippen molar-refractivity contribution in [2.45, 2.75) is 13.0 Å². The van der Waals surface area contributed by atoms with Crippen LogP contribution in [-0.2, 0) is 4.79 Å². The van der Waals surface area contributed by atoms with Crippen LogP contribution in [0.3, 0.4) is 0 Å². The third-order valence-electron chi connectivity index (χ3n) is 1.22. The molecule has 0 saturated heterocycles. The maximum Gasteiger partial charge on any atom is 0.325 e. The first kappa shape index (κ1) is 8.38. The number of hydrogen-bond donors (Lipinski definition) is 2. The van der Waals surface area contributed by atoms with E-state index in [1.807, 2.05) is 0 Å². The fraction of sp³-hybridized carbons (Fsp3) is 0.333. The lowest BCUT2D eigenvalue weighted by Gasteiger charge is -2.07. The molecule has 0 aliphatic heterocycles. The molecule has 64 valence electrons. The summed E-state index contributed by atoms with van der Waals surface area (Å²) >= 11 is 0. The first-order valence-electron chi connectivity index (χ1n) is 3.32. The van der Waals surface area contributed by atoms with E-state index in [9.17, 15) is 4.79 Å². The fourth-order valence-corrected chi connectivity index (χ4v) is 0.597. The molecule has 0 aliphatic carbocycles. The molecule has 0 aromatic carbocycles. The van der Waals surface area contributed by atoms with Crippen LogP contribution in [0.2, 0.25) is 0 Å². The van der Waals surface area contributed by atoms with Gasteiger partial charge < -0.3 is 10.4 Å². The summed E-state index contributed by atoms with van der Waals surface area (Å²) in [7, 11) is 0. The minimum absolute atomic E-state index is 0.354. The molecule has 2 N–H and O–H groups in total. The molecule has 1 aromatic rings. The van der Waals surface area contributed by atoms with E-state index in [2.05, 4.69) is 20.5 Å². The average Bonchev–Trinajstić information content (AvgIpc) is 2.06. The van der Waals surface area contributed by atoms with E-state index in [-0.39, 0.29) is 0 Å². The lowest BCUT2D eigenvalue weighted by atomic mass is 10.3. The third kappa shape index (κ3) is 2.15. The normalized spacial score (nSPS) is 12.1.